The Balaban J connectivity index is 1.45. The zero-order valence-corrected chi connectivity index (χ0v) is 14.6. The van der Waals surface area contributed by atoms with Crippen molar-refractivity contribution >= 4 is 6.03 Å². The van der Waals surface area contributed by atoms with E-state index in [1.807, 2.05) is 25.1 Å². The molecule has 2 aliphatic rings. The summed E-state index contributed by atoms with van der Waals surface area (Å²) in [5.74, 6) is 1.12. The predicted octanol–water partition coefficient (Wildman–Crippen LogP) is 3.99. The highest BCUT2D eigenvalue weighted by Gasteiger charge is 2.37. The standard InChI is InChI=1S/C20H21FN2O3/c1-13(16-4-2-3-5-17(16)21)23(15-7-8-15)20(24)22-11-14-6-9-18-19(10-14)26-12-25-18/h2-6,9-10,13,15H,7-8,11-12H2,1H3,(H,22,24). The molecule has 0 saturated heterocycles. The summed E-state index contributed by atoms with van der Waals surface area (Å²) >= 11 is 0. The van der Waals surface area contributed by atoms with Gasteiger partial charge >= 0.3 is 6.03 Å². The van der Waals surface area contributed by atoms with Gasteiger partial charge in [-0.15, -0.1) is 0 Å². The van der Waals surface area contributed by atoms with E-state index in [0.29, 0.717) is 23.6 Å². The van der Waals surface area contributed by atoms with Gasteiger partial charge in [-0.25, -0.2) is 9.18 Å². The van der Waals surface area contributed by atoms with Crippen LogP contribution in [0.4, 0.5) is 9.18 Å². The summed E-state index contributed by atoms with van der Waals surface area (Å²) in [6.45, 7) is 2.47. The Labute approximate surface area is 151 Å². The highest BCUT2D eigenvalue weighted by molar-refractivity contribution is 5.75. The minimum atomic E-state index is -0.319. The van der Waals surface area contributed by atoms with E-state index >= 15 is 0 Å². The first-order valence-electron chi connectivity index (χ1n) is 8.82. The van der Waals surface area contributed by atoms with Gasteiger partial charge in [0.05, 0.1) is 6.04 Å². The Morgan fingerprint density at radius 1 is 1.23 bits per heavy atom. The maximum absolute atomic E-state index is 14.1. The van der Waals surface area contributed by atoms with Gasteiger partial charge in [-0.2, -0.15) is 0 Å². The van der Waals surface area contributed by atoms with E-state index < -0.39 is 0 Å². The normalized spacial score (nSPS) is 16.2. The summed E-state index contributed by atoms with van der Waals surface area (Å²) in [5.41, 5.74) is 1.47. The van der Waals surface area contributed by atoms with Gasteiger partial charge in [-0.3, -0.25) is 0 Å². The quantitative estimate of drug-likeness (QED) is 0.881. The summed E-state index contributed by atoms with van der Waals surface area (Å²) in [6, 6.07) is 11.9. The fourth-order valence-electron chi connectivity index (χ4n) is 3.29. The van der Waals surface area contributed by atoms with E-state index in [-0.39, 0.29) is 30.7 Å². The lowest BCUT2D eigenvalue weighted by atomic mass is 10.1. The lowest BCUT2D eigenvalue weighted by molar-refractivity contribution is 0.172. The van der Waals surface area contributed by atoms with Crippen molar-refractivity contribution in [3.63, 3.8) is 0 Å². The smallest absolute Gasteiger partial charge is 0.318 e. The van der Waals surface area contributed by atoms with Crippen LogP contribution in [0, 0.1) is 5.82 Å². The van der Waals surface area contributed by atoms with E-state index in [1.165, 1.54) is 6.07 Å². The first-order valence-corrected chi connectivity index (χ1v) is 8.82. The Bertz CT molecular complexity index is 822. The minimum Gasteiger partial charge on any atom is -0.454 e. The van der Waals surface area contributed by atoms with E-state index in [0.717, 1.165) is 18.4 Å². The molecule has 5 nitrogen and oxygen atoms in total. The average molecular weight is 356 g/mol. The summed E-state index contributed by atoms with van der Waals surface area (Å²) in [5, 5.41) is 2.95. The van der Waals surface area contributed by atoms with E-state index in [9.17, 15) is 9.18 Å². The number of nitrogens with zero attached hydrogens (tertiary/aromatic N) is 1. The summed E-state index contributed by atoms with van der Waals surface area (Å²) < 4.78 is 24.8. The number of fused-ring (bicyclic) bond motifs is 1. The Morgan fingerprint density at radius 3 is 2.77 bits per heavy atom. The molecule has 2 aromatic carbocycles. The fourth-order valence-corrected chi connectivity index (χ4v) is 3.29. The topological polar surface area (TPSA) is 50.8 Å². The molecule has 26 heavy (non-hydrogen) atoms. The van der Waals surface area contributed by atoms with Gasteiger partial charge in [0.15, 0.2) is 11.5 Å². The van der Waals surface area contributed by atoms with Crippen molar-refractivity contribution in [2.24, 2.45) is 0 Å². The fraction of sp³-hybridized carbons (Fsp3) is 0.350. The first kappa shape index (κ1) is 16.7. The summed E-state index contributed by atoms with van der Waals surface area (Å²) in [6.07, 6.45) is 1.91. The molecule has 0 aromatic heterocycles. The van der Waals surface area contributed by atoms with Crippen LogP contribution >= 0.6 is 0 Å². The molecule has 1 aliphatic carbocycles. The number of amides is 2. The zero-order valence-electron chi connectivity index (χ0n) is 14.6. The number of halogens is 1. The largest absolute Gasteiger partial charge is 0.454 e. The van der Waals surface area contributed by atoms with Crippen LogP contribution in [0.15, 0.2) is 42.5 Å². The van der Waals surface area contributed by atoms with Gasteiger partial charge in [0, 0.05) is 18.2 Å². The molecule has 2 aromatic rings. The summed E-state index contributed by atoms with van der Waals surface area (Å²) in [4.78, 5) is 14.5. The number of ether oxygens (including phenoxy) is 2. The molecule has 0 bridgehead atoms. The molecule has 2 amide bonds. The molecule has 1 unspecified atom stereocenters. The van der Waals surface area contributed by atoms with Crippen molar-refractivity contribution in [1.82, 2.24) is 10.2 Å². The van der Waals surface area contributed by atoms with Crippen LogP contribution in [0.1, 0.15) is 36.9 Å². The molecule has 136 valence electrons. The average Bonchev–Trinajstić information content (AvgIpc) is 3.36. The number of rotatable bonds is 5. The van der Waals surface area contributed by atoms with Crippen molar-refractivity contribution in [2.45, 2.75) is 38.4 Å². The highest BCUT2D eigenvalue weighted by atomic mass is 19.1. The molecule has 1 atom stereocenters. The second kappa shape index (κ2) is 6.86. The Kier molecular flexibility index (Phi) is 4.41. The Morgan fingerprint density at radius 2 is 2.00 bits per heavy atom. The number of nitrogens with one attached hydrogen (secondary N) is 1. The van der Waals surface area contributed by atoms with Crippen LogP contribution < -0.4 is 14.8 Å². The van der Waals surface area contributed by atoms with Gasteiger partial charge in [0.25, 0.3) is 0 Å². The molecule has 1 fully saturated rings. The number of carbonyl (C=O) groups excluding carboxylic acids is 1. The predicted molar refractivity (Wildman–Crippen MR) is 94.5 cm³/mol. The lowest BCUT2D eigenvalue weighted by Gasteiger charge is -2.30. The second-order valence-electron chi connectivity index (χ2n) is 6.68. The maximum atomic E-state index is 14.1. The van der Waals surface area contributed by atoms with Gasteiger partial charge < -0.3 is 19.7 Å². The summed E-state index contributed by atoms with van der Waals surface area (Å²) in [7, 11) is 0. The molecule has 1 N–H and O–H groups in total. The third-order valence-electron chi connectivity index (χ3n) is 4.83. The zero-order chi connectivity index (χ0) is 18.1. The van der Waals surface area contributed by atoms with Crippen molar-refractivity contribution < 1.29 is 18.7 Å². The molecule has 1 aliphatic heterocycles. The molecule has 4 rings (SSSR count). The van der Waals surface area contributed by atoms with Crippen LogP contribution in [-0.2, 0) is 6.54 Å². The number of carbonyl (C=O) groups is 1. The van der Waals surface area contributed by atoms with Gasteiger partial charge in [-0.1, -0.05) is 24.3 Å². The van der Waals surface area contributed by atoms with E-state index in [2.05, 4.69) is 5.32 Å². The van der Waals surface area contributed by atoms with E-state index in [1.54, 1.807) is 23.1 Å². The first-order chi connectivity index (χ1) is 12.6. The van der Waals surface area contributed by atoms with Crippen LogP contribution in [0.3, 0.4) is 0 Å². The number of urea groups is 1. The highest BCUT2D eigenvalue weighted by Crippen LogP contribution is 2.35. The van der Waals surface area contributed by atoms with Gasteiger partial charge in [-0.05, 0) is 43.5 Å². The van der Waals surface area contributed by atoms with Gasteiger partial charge in [0.1, 0.15) is 5.82 Å². The monoisotopic (exact) mass is 356 g/mol. The van der Waals surface area contributed by atoms with Crippen molar-refractivity contribution in [1.29, 1.82) is 0 Å². The Hall–Kier alpha value is -2.76. The van der Waals surface area contributed by atoms with Gasteiger partial charge in [0.2, 0.25) is 6.79 Å². The van der Waals surface area contributed by atoms with Crippen LogP contribution in [0.2, 0.25) is 0 Å². The molecule has 1 saturated carbocycles. The SMILES string of the molecule is CC(c1ccccc1F)N(C(=O)NCc1ccc2c(c1)OCO2)C1CC1. The molecular weight excluding hydrogens is 335 g/mol. The van der Waals surface area contributed by atoms with Crippen LogP contribution in [-0.4, -0.2) is 23.8 Å². The number of hydrogen-bond donors (Lipinski definition) is 1. The third-order valence-corrected chi connectivity index (χ3v) is 4.83. The minimum absolute atomic E-state index is 0.168. The lowest BCUT2D eigenvalue weighted by Crippen LogP contribution is -2.42. The van der Waals surface area contributed by atoms with Crippen molar-refractivity contribution in [2.75, 3.05) is 6.79 Å². The van der Waals surface area contributed by atoms with Crippen molar-refractivity contribution in [3.8, 4) is 11.5 Å². The third kappa shape index (κ3) is 3.31. The molecule has 6 heteroatoms. The number of benzene rings is 2. The molecule has 1 heterocycles. The van der Waals surface area contributed by atoms with Crippen molar-refractivity contribution in [3.05, 3.63) is 59.4 Å². The number of hydrogen-bond acceptors (Lipinski definition) is 3. The molecule has 0 radical (unpaired) electrons. The van der Waals surface area contributed by atoms with Crippen LogP contribution in [0.5, 0.6) is 11.5 Å². The van der Waals surface area contributed by atoms with Crippen LogP contribution in [0.25, 0.3) is 0 Å². The maximum Gasteiger partial charge on any atom is 0.318 e. The second-order valence-corrected chi connectivity index (χ2v) is 6.68. The molecular formula is C20H21FN2O3. The van der Waals surface area contributed by atoms with E-state index in [4.69, 9.17) is 9.47 Å². The molecule has 0 spiro atoms.